The highest BCUT2D eigenvalue weighted by Gasteiger charge is 2.30. The fourth-order valence-corrected chi connectivity index (χ4v) is 2.22. The molecule has 0 fully saturated rings. The van der Waals surface area contributed by atoms with E-state index in [1.54, 1.807) is 12.1 Å². The molecule has 9 heteroatoms. The van der Waals surface area contributed by atoms with E-state index in [9.17, 15) is 18.0 Å². The minimum absolute atomic E-state index is 0.0216. The van der Waals surface area contributed by atoms with Gasteiger partial charge in [-0.05, 0) is 36.4 Å². The second kappa shape index (κ2) is 7.92. The summed E-state index contributed by atoms with van der Waals surface area (Å²) < 4.78 is 37.9. The van der Waals surface area contributed by atoms with Crippen molar-refractivity contribution in [2.24, 2.45) is 11.5 Å². The second-order valence-corrected chi connectivity index (χ2v) is 5.51. The maximum atomic E-state index is 12.6. The second-order valence-electron chi connectivity index (χ2n) is 5.11. The lowest BCUT2D eigenvalue weighted by molar-refractivity contribution is -0.137. The summed E-state index contributed by atoms with van der Waals surface area (Å²) in [6, 6.07) is 7.63. The van der Waals surface area contributed by atoms with Gasteiger partial charge in [0.15, 0.2) is 0 Å². The van der Waals surface area contributed by atoms with E-state index in [0.29, 0.717) is 0 Å². The van der Waals surface area contributed by atoms with Crippen LogP contribution in [-0.4, -0.2) is 10.9 Å². The molecule has 0 saturated carbocycles. The fourth-order valence-electron chi connectivity index (χ4n) is 1.93. The Morgan fingerprint density at radius 3 is 2.46 bits per heavy atom. The summed E-state index contributed by atoms with van der Waals surface area (Å²) in [6.07, 6.45) is -0.424. The van der Waals surface area contributed by atoms with Gasteiger partial charge in [0.25, 0.3) is 5.91 Å². The van der Waals surface area contributed by atoms with Gasteiger partial charge < -0.3 is 16.8 Å². The number of nitrogens with one attached hydrogen (secondary N) is 1. The van der Waals surface area contributed by atoms with Crippen molar-refractivity contribution in [2.45, 2.75) is 6.18 Å². The van der Waals surface area contributed by atoms with Crippen LogP contribution in [0.5, 0.6) is 0 Å². The first kappa shape index (κ1) is 19.3. The van der Waals surface area contributed by atoms with E-state index >= 15 is 0 Å². The number of aromatic nitrogens is 1. The Balaban J connectivity index is 2.14. The van der Waals surface area contributed by atoms with Crippen molar-refractivity contribution in [3.8, 4) is 0 Å². The zero-order valence-electron chi connectivity index (χ0n) is 13.2. The number of rotatable bonds is 4. The van der Waals surface area contributed by atoms with Crippen LogP contribution in [0.1, 0.15) is 21.6 Å². The quantitative estimate of drug-likeness (QED) is 0.707. The lowest BCUT2D eigenvalue weighted by Gasteiger charge is -2.10. The Hall–Kier alpha value is -3.00. The summed E-state index contributed by atoms with van der Waals surface area (Å²) in [6.45, 7) is 0. The number of benzene rings is 1. The Kier molecular flexibility index (Phi) is 5.89. The van der Waals surface area contributed by atoms with E-state index in [1.165, 1.54) is 24.4 Å². The van der Waals surface area contributed by atoms with E-state index < -0.39 is 17.6 Å². The molecule has 136 valence electrons. The van der Waals surface area contributed by atoms with Crippen LogP contribution in [0, 0.1) is 0 Å². The summed E-state index contributed by atoms with van der Waals surface area (Å²) in [7, 11) is 0. The maximum absolute atomic E-state index is 12.6. The average molecular weight is 383 g/mol. The molecule has 2 rings (SSSR count). The normalized spacial score (nSPS) is 12.8. The lowest BCUT2D eigenvalue weighted by atomic mass is 10.1. The van der Waals surface area contributed by atoms with Crippen molar-refractivity contribution < 1.29 is 18.0 Å². The molecule has 0 radical (unpaired) electrons. The van der Waals surface area contributed by atoms with Crippen LogP contribution in [-0.2, 0) is 6.18 Å². The highest BCUT2D eigenvalue weighted by Crippen LogP contribution is 2.33. The molecule has 0 unspecified atom stereocenters. The molecule has 0 saturated heterocycles. The van der Waals surface area contributed by atoms with Crippen LogP contribution in [0.4, 0.5) is 13.2 Å². The first-order chi connectivity index (χ1) is 12.2. The van der Waals surface area contributed by atoms with Crippen molar-refractivity contribution in [1.82, 2.24) is 10.3 Å². The molecule has 1 amide bonds. The number of halogens is 4. The number of carbonyl (C=O) groups excluding carboxylic acids is 1. The molecule has 1 aromatic carbocycles. The van der Waals surface area contributed by atoms with Gasteiger partial charge in [0.2, 0.25) is 0 Å². The number of amides is 1. The third-order valence-electron chi connectivity index (χ3n) is 3.21. The SMILES string of the molecule is N/C(=C\C=C(/N)NC(=O)c1ccccn1)c1ccc(C(F)(F)F)cc1Cl. The third kappa shape index (κ3) is 5.00. The Labute approximate surface area is 152 Å². The van der Waals surface area contributed by atoms with Gasteiger partial charge in [0.1, 0.15) is 11.5 Å². The number of hydrogen-bond donors (Lipinski definition) is 3. The van der Waals surface area contributed by atoms with Gasteiger partial charge in [-0.3, -0.25) is 9.78 Å². The van der Waals surface area contributed by atoms with Crippen LogP contribution < -0.4 is 16.8 Å². The van der Waals surface area contributed by atoms with E-state index in [1.807, 2.05) is 0 Å². The van der Waals surface area contributed by atoms with Crippen LogP contribution >= 0.6 is 11.6 Å². The van der Waals surface area contributed by atoms with Crippen molar-refractivity contribution >= 4 is 23.2 Å². The number of carbonyl (C=O) groups is 1. The third-order valence-corrected chi connectivity index (χ3v) is 3.52. The number of nitrogens with zero attached hydrogens (tertiary/aromatic N) is 1. The van der Waals surface area contributed by atoms with Gasteiger partial charge >= 0.3 is 6.18 Å². The highest BCUT2D eigenvalue weighted by atomic mass is 35.5. The lowest BCUT2D eigenvalue weighted by Crippen LogP contribution is -2.27. The highest BCUT2D eigenvalue weighted by molar-refractivity contribution is 6.32. The van der Waals surface area contributed by atoms with Gasteiger partial charge in [-0.15, -0.1) is 0 Å². The number of pyridine rings is 1. The van der Waals surface area contributed by atoms with E-state index in [0.717, 1.165) is 18.2 Å². The molecule has 0 aliphatic rings. The summed E-state index contributed by atoms with van der Waals surface area (Å²) >= 11 is 5.86. The van der Waals surface area contributed by atoms with Crippen LogP contribution in [0.2, 0.25) is 5.02 Å². The average Bonchev–Trinajstić information content (AvgIpc) is 2.59. The van der Waals surface area contributed by atoms with E-state index in [2.05, 4.69) is 10.3 Å². The predicted octanol–water partition coefficient (Wildman–Crippen LogP) is 3.28. The fraction of sp³-hybridized carbons (Fsp3) is 0.0588. The number of allylic oxidation sites excluding steroid dienone is 2. The first-order valence-corrected chi connectivity index (χ1v) is 7.58. The first-order valence-electron chi connectivity index (χ1n) is 7.21. The van der Waals surface area contributed by atoms with Crippen molar-refractivity contribution in [2.75, 3.05) is 0 Å². The summed E-state index contributed by atoms with van der Waals surface area (Å²) in [4.78, 5) is 15.8. The molecule has 1 heterocycles. The van der Waals surface area contributed by atoms with Gasteiger partial charge in [-0.25, -0.2) is 0 Å². The largest absolute Gasteiger partial charge is 0.416 e. The number of hydrogen-bond acceptors (Lipinski definition) is 4. The minimum atomic E-state index is -4.50. The molecule has 5 N–H and O–H groups in total. The van der Waals surface area contributed by atoms with Gasteiger partial charge in [-0.2, -0.15) is 13.2 Å². The van der Waals surface area contributed by atoms with Crippen molar-refractivity contribution in [3.05, 3.63) is 82.4 Å². The predicted molar refractivity (Wildman–Crippen MR) is 92.6 cm³/mol. The zero-order valence-corrected chi connectivity index (χ0v) is 14.0. The van der Waals surface area contributed by atoms with Crippen molar-refractivity contribution in [1.29, 1.82) is 0 Å². The van der Waals surface area contributed by atoms with Crippen LogP contribution in [0.25, 0.3) is 5.70 Å². The van der Waals surface area contributed by atoms with Crippen molar-refractivity contribution in [3.63, 3.8) is 0 Å². The molecule has 0 aliphatic carbocycles. The Morgan fingerprint density at radius 2 is 1.88 bits per heavy atom. The Morgan fingerprint density at radius 1 is 1.15 bits per heavy atom. The summed E-state index contributed by atoms with van der Waals surface area (Å²) in [5.41, 5.74) is 11.1. The topological polar surface area (TPSA) is 94.0 Å². The van der Waals surface area contributed by atoms with Gasteiger partial charge in [-0.1, -0.05) is 23.7 Å². The maximum Gasteiger partial charge on any atom is 0.416 e. The van der Waals surface area contributed by atoms with Crippen LogP contribution in [0.15, 0.2) is 60.6 Å². The molecule has 2 aromatic rings. The standard InChI is InChI=1S/C17H14ClF3N4O/c18-12-9-10(17(19,20)21)4-5-11(12)13(22)6-7-15(23)25-16(26)14-3-1-2-8-24-14/h1-9H,22-23H2,(H,25,26)/b13-6-,15-7+. The number of nitrogens with two attached hydrogens (primary N) is 2. The molecule has 0 aliphatic heterocycles. The van der Waals surface area contributed by atoms with Crippen LogP contribution in [0.3, 0.4) is 0 Å². The molecular formula is C17H14ClF3N4O. The molecule has 0 bridgehead atoms. The van der Waals surface area contributed by atoms with Gasteiger partial charge in [0, 0.05) is 17.5 Å². The van der Waals surface area contributed by atoms with Gasteiger partial charge in [0.05, 0.1) is 10.6 Å². The molecule has 0 spiro atoms. The zero-order chi connectivity index (χ0) is 19.3. The molecular weight excluding hydrogens is 369 g/mol. The summed E-state index contributed by atoms with van der Waals surface area (Å²) in [5, 5.41) is 2.25. The Bertz CT molecular complexity index is 864. The number of alkyl halides is 3. The molecule has 5 nitrogen and oxygen atoms in total. The smallest absolute Gasteiger partial charge is 0.398 e. The molecule has 26 heavy (non-hydrogen) atoms. The molecule has 1 aromatic heterocycles. The van der Waals surface area contributed by atoms with E-state index in [4.69, 9.17) is 23.1 Å². The summed E-state index contributed by atoms with van der Waals surface area (Å²) in [5.74, 6) is -0.537. The monoisotopic (exact) mass is 382 g/mol. The minimum Gasteiger partial charge on any atom is -0.398 e. The van der Waals surface area contributed by atoms with E-state index in [-0.39, 0.29) is 27.8 Å². The molecule has 0 atom stereocenters.